The number of rotatable bonds is 21. The number of hydrogen-bond donors (Lipinski definition) is 9. The molecule has 89 heavy (non-hydrogen) atoms. The van der Waals surface area contributed by atoms with Gasteiger partial charge in [-0.2, -0.15) is 4.98 Å². The number of likely N-dealkylation sites (tertiary alicyclic amines) is 1. The summed E-state index contributed by atoms with van der Waals surface area (Å²) in [5.74, 6) is -4.55. The summed E-state index contributed by atoms with van der Waals surface area (Å²) in [6, 6.07) is 4.82. The van der Waals surface area contributed by atoms with E-state index in [-0.39, 0.29) is 98.6 Å². The standard InChI is InChI=1S/C53H67N13O19P2S2/c1-28(2)42(60-37(67)9-5-4-6-18-65-39(68)14-15-40(65)69)49(74)58-29(3)47(72)59-32-12-10-30(11-13-32)23-79-53(76)55-22-41(70)64-19-7-8-34(64)48(73)62-52-61-46-43(50(75)63-52)57-27-66(46)51-45-44(71)36(83-51)25-81-86(77,88)84-35-21-33(82-38-16-17-54-26-56-38)20-31(35)24-80-87(78,89)85-45/h10-17,26-29,31,33-36,42,44-45,51,71H,4-9,18-25H2,1-3H3,(H,55,76)(H,58,74)(H,59,72)(H,60,67)(H,77,88)(H,78,89)(H2,61,62,63,73,75)/t29-,31+,33+,34+,35-,36+,42-,44+,45+,51+,86+,87+/m0/s1. The van der Waals surface area contributed by atoms with Gasteiger partial charge in [0.25, 0.3) is 17.4 Å². The Morgan fingerprint density at radius 1 is 0.876 bits per heavy atom. The minimum atomic E-state index is -4.38. The molecule has 0 spiro atoms. The van der Waals surface area contributed by atoms with Crippen molar-refractivity contribution in [2.24, 2.45) is 11.8 Å². The number of hydrogen-bond acceptors (Lipinski definition) is 23. The van der Waals surface area contributed by atoms with Gasteiger partial charge in [-0.15, -0.1) is 0 Å². The molecule has 4 aromatic rings. The summed E-state index contributed by atoms with van der Waals surface area (Å²) < 4.78 is 69.2. The number of benzene rings is 1. The molecule has 0 unspecified atom stereocenters. The van der Waals surface area contributed by atoms with E-state index in [2.05, 4.69) is 76.0 Å². The molecule has 1 saturated carbocycles. The molecule has 7 heterocycles. The Kier molecular flexibility index (Phi) is 21.8. The molecule has 8 amide bonds. The Morgan fingerprint density at radius 3 is 2.35 bits per heavy atom. The van der Waals surface area contributed by atoms with E-state index in [4.69, 9.17) is 32.3 Å². The van der Waals surface area contributed by atoms with Crippen LogP contribution in [0.3, 0.4) is 0 Å². The predicted octanol–water partition coefficient (Wildman–Crippen LogP) is 2.84. The number of carbonyl (C=O) groups is 8. The van der Waals surface area contributed by atoms with Gasteiger partial charge < -0.3 is 50.0 Å². The van der Waals surface area contributed by atoms with Crippen LogP contribution in [-0.4, -0.2) is 173 Å². The number of amides is 8. The quantitative estimate of drug-likeness (QED) is 0.0251. The average Bonchev–Trinajstić information content (AvgIpc) is 1.71. The topological polar surface area (TPSA) is 412 Å². The fourth-order valence-corrected chi connectivity index (χ4v) is 13.6. The fourth-order valence-electron chi connectivity index (χ4n) is 10.5. The number of aromatic nitrogens is 6. The molecular weight excluding hydrogens is 1250 g/mol. The van der Waals surface area contributed by atoms with Gasteiger partial charge in [-0.3, -0.25) is 71.7 Å². The van der Waals surface area contributed by atoms with E-state index in [1.807, 2.05) is 0 Å². The lowest BCUT2D eigenvalue weighted by atomic mass is 10.0. The van der Waals surface area contributed by atoms with Crippen molar-refractivity contribution in [2.45, 2.75) is 134 Å². The highest BCUT2D eigenvalue weighted by atomic mass is 32.7. The first kappa shape index (κ1) is 66.3. The number of aliphatic hydroxyl groups excluding tert-OH is 1. The number of nitrogens with zero attached hydrogens (tertiary/aromatic N) is 7. The molecule has 7 N–H and O–H groups in total. The number of imidazole rings is 1. The molecule has 4 aliphatic heterocycles. The van der Waals surface area contributed by atoms with E-state index in [0.29, 0.717) is 36.9 Å². The summed E-state index contributed by atoms with van der Waals surface area (Å²) in [6.45, 7) is -4.85. The van der Waals surface area contributed by atoms with Gasteiger partial charge in [0.05, 0.1) is 25.6 Å². The number of H-pyrrole nitrogens is 1. The fraction of sp³-hybridized carbons (Fsp3) is 0.528. The summed E-state index contributed by atoms with van der Waals surface area (Å²) in [7, 11) is 0. The van der Waals surface area contributed by atoms with Crippen molar-refractivity contribution in [3.05, 3.63) is 77.3 Å². The molecular formula is C53H67N13O19P2S2. The van der Waals surface area contributed by atoms with Crippen LogP contribution < -0.4 is 36.9 Å². The van der Waals surface area contributed by atoms with E-state index in [0.717, 1.165) is 11.2 Å². The number of anilines is 2. The summed E-state index contributed by atoms with van der Waals surface area (Å²) in [5.41, 5.74) is -0.394. The van der Waals surface area contributed by atoms with Crippen LogP contribution in [0.1, 0.15) is 83.9 Å². The van der Waals surface area contributed by atoms with Gasteiger partial charge in [0.15, 0.2) is 17.4 Å². The molecule has 3 aromatic heterocycles. The number of carbonyl (C=O) groups excluding carboxylic acids is 8. The number of ether oxygens (including phenoxy) is 3. The van der Waals surface area contributed by atoms with Crippen molar-refractivity contribution in [1.29, 1.82) is 0 Å². The van der Waals surface area contributed by atoms with Crippen molar-refractivity contribution in [3.63, 3.8) is 0 Å². The zero-order valence-electron chi connectivity index (χ0n) is 48.2. The molecule has 1 aliphatic carbocycles. The van der Waals surface area contributed by atoms with Gasteiger partial charge in [-0.25, -0.2) is 28.9 Å². The maximum atomic E-state index is 13.9. The first-order valence-corrected chi connectivity index (χ1v) is 33.9. The molecule has 480 valence electrons. The Bertz CT molecular complexity index is 3470. The highest BCUT2D eigenvalue weighted by Gasteiger charge is 2.51. The zero-order chi connectivity index (χ0) is 63.7. The van der Waals surface area contributed by atoms with E-state index < -0.39 is 123 Å². The molecule has 36 heteroatoms. The minimum absolute atomic E-state index is 0.119. The number of thiol groups is 2. The highest BCUT2D eigenvalue weighted by Crippen LogP contribution is 2.60. The Labute approximate surface area is 518 Å². The third-order valence-corrected chi connectivity index (χ3v) is 18.4. The molecule has 32 nitrogen and oxygen atoms in total. The van der Waals surface area contributed by atoms with Crippen LogP contribution in [-0.2, 0) is 76.9 Å². The SMILES string of the molecule is CC(C)[C@H](NC(=O)CCCCCN1C(=O)C=CC1=O)C(=O)N[C@@H](C)C(=O)Nc1ccc(COC(=O)NCC(=O)N2CCC[C@@H]2C(=O)Nc2nc3c(ncn3[C@@H]3O[C@@H]4CO[P@@](=O)(S)O[C@H]5C[C@H](Oc6ccncn6)C[C@@H]5CO[P@@](=O)(S)O[C@@H]3[C@@H]4O)c(=O)[nH]2)cc1. The van der Waals surface area contributed by atoms with Crippen LogP contribution in [0.15, 0.2) is 66.1 Å². The first-order chi connectivity index (χ1) is 42.4. The van der Waals surface area contributed by atoms with Crippen molar-refractivity contribution in [2.75, 3.05) is 43.5 Å². The Morgan fingerprint density at radius 2 is 1.62 bits per heavy atom. The summed E-state index contributed by atoms with van der Waals surface area (Å²) in [4.78, 5) is 137. The number of aliphatic hydroxyl groups is 1. The summed E-state index contributed by atoms with van der Waals surface area (Å²) in [5, 5.41) is 24.5. The monoisotopic (exact) mass is 1320 g/mol. The largest absolute Gasteiger partial charge is 0.474 e. The van der Waals surface area contributed by atoms with Crippen LogP contribution in [0.5, 0.6) is 5.88 Å². The second-order valence-corrected chi connectivity index (χ2v) is 27.6. The summed E-state index contributed by atoms with van der Waals surface area (Å²) >= 11 is 8.39. The lowest BCUT2D eigenvalue weighted by molar-refractivity contribution is -0.137. The maximum absolute atomic E-state index is 13.9. The number of aromatic amines is 1. The van der Waals surface area contributed by atoms with Crippen molar-refractivity contribution < 1.29 is 84.9 Å². The predicted molar refractivity (Wildman–Crippen MR) is 317 cm³/mol. The highest BCUT2D eigenvalue weighted by molar-refractivity contribution is 8.44. The zero-order valence-corrected chi connectivity index (χ0v) is 51.8. The van der Waals surface area contributed by atoms with Crippen molar-refractivity contribution in [3.8, 4) is 5.88 Å². The molecule has 9 rings (SSSR count). The lowest BCUT2D eigenvalue weighted by Gasteiger charge is -2.26. The van der Waals surface area contributed by atoms with Crippen molar-refractivity contribution >= 4 is 108 Å². The van der Waals surface area contributed by atoms with E-state index in [1.54, 1.807) is 44.2 Å². The first-order valence-electron chi connectivity index (χ1n) is 28.5. The molecule has 2 bridgehead atoms. The van der Waals surface area contributed by atoms with Gasteiger partial charge in [-0.05, 0) is 62.6 Å². The van der Waals surface area contributed by atoms with Crippen LogP contribution in [0.25, 0.3) is 11.2 Å². The Balaban J connectivity index is 0.729. The lowest BCUT2D eigenvalue weighted by Crippen LogP contribution is -2.53. The van der Waals surface area contributed by atoms with Crippen molar-refractivity contribution in [1.82, 2.24) is 55.2 Å². The van der Waals surface area contributed by atoms with E-state index in [1.165, 1.54) is 41.1 Å². The van der Waals surface area contributed by atoms with Gasteiger partial charge in [0.1, 0.15) is 62.0 Å². The molecule has 3 saturated heterocycles. The number of nitrogens with one attached hydrogen (secondary N) is 6. The smallest absolute Gasteiger partial charge is 0.407 e. The van der Waals surface area contributed by atoms with Crippen LogP contribution in [0.4, 0.5) is 16.4 Å². The minimum Gasteiger partial charge on any atom is -0.474 e. The number of alkyl carbamates (subject to hydrolysis) is 1. The van der Waals surface area contributed by atoms with Crippen LogP contribution in [0.2, 0.25) is 0 Å². The van der Waals surface area contributed by atoms with E-state index >= 15 is 0 Å². The second kappa shape index (κ2) is 29.2. The molecule has 12 atom stereocenters. The number of fused-ring (bicyclic) bond motifs is 4. The maximum Gasteiger partial charge on any atom is 0.407 e. The number of imide groups is 1. The normalized spacial score (nSPS) is 26.8. The molecule has 5 aliphatic rings. The summed E-state index contributed by atoms with van der Waals surface area (Å²) in [6.07, 6.45) is 0.816. The van der Waals surface area contributed by atoms with Gasteiger partial charge >= 0.3 is 19.7 Å². The third-order valence-electron chi connectivity index (χ3n) is 15.1. The number of unbranched alkanes of at least 4 members (excludes halogenated alkanes) is 2. The van der Waals surface area contributed by atoms with Gasteiger partial charge in [-0.1, -0.05) is 56.9 Å². The van der Waals surface area contributed by atoms with E-state index in [9.17, 15) is 57.4 Å². The molecule has 0 radical (unpaired) electrons. The average molecular weight is 1320 g/mol. The van der Waals surface area contributed by atoms with Gasteiger partial charge in [0, 0.05) is 62.0 Å². The molecule has 1 aromatic carbocycles. The van der Waals surface area contributed by atoms with Gasteiger partial charge in [0.2, 0.25) is 41.4 Å². The molecule has 4 fully saturated rings. The van der Waals surface area contributed by atoms with Crippen LogP contribution >= 0.6 is 38.1 Å². The second-order valence-electron chi connectivity index (χ2n) is 21.9. The van der Waals surface area contributed by atoms with Crippen LogP contribution in [0, 0.1) is 11.8 Å². The Hall–Kier alpha value is -7.13. The third kappa shape index (κ3) is 17.2.